The molecule has 2 heterocycles. The Labute approximate surface area is 169 Å². The Hall–Kier alpha value is -2.94. The molecule has 29 heavy (non-hydrogen) atoms. The highest BCUT2D eigenvalue weighted by Gasteiger charge is 2.40. The van der Waals surface area contributed by atoms with E-state index in [4.69, 9.17) is 4.74 Å². The molecule has 0 radical (unpaired) electrons. The maximum atomic E-state index is 12.6. The second-order valence-electron chi connectivity index (χ2n) is 7.16. The fraction of sp³-hybridized carbons (Fsp3) is 0.500. The number of piperidine rings is 1. The van der Waals surface area contributed by atoms with Gasteiger partial charge in [0, 0.05) is 25.9 Å². The Morgan fingerprint density at radius 3 is 2.38 bits per heavy atom. The van der Waals surface area contributed by atoms with Gasteiger partial charge in [-0.2, -0.15) is 0 Å². The molecule has 0 aliphatic carbocycles. The fourth-order valence-electron chi connectivity index (χ4n) is 3.59. The van der Waals surface area contributed by atoms with Crippen molar-refractivity contribution in [2.24, 2.45) is 5.92 Å². The number of likely N-dealkylation sites (tertiary alicyclic amines) is 1. The summed E-state index contributed by atoms with van der Waals surface area (Å²) >= 11 is 0. The number of amides is 4. The van der Waals surface area contributed by atoms with Crippen molar-refractivity contribution < 1.29 is 23.9 Å². The Balaban J connectivity index is 1.53. The van der Waals surface area contributed by atoms with E-state index in [1.165, 1.54) is 6.92 Å². The molecule has 0 spiro atoms. The zero-order chi connectivity index (χ0) is 21.0. The summed E-state index contributed by atoms with van der Waals surface area (Å²) < 4.78 is 5.37. The van der Waals surface area contributed by atoms with Gasteiger partial charge in [0.2, 0.25) is 17.7 Å². The SMILES string of the molecule is CCOc1ccc(N2C(=O)CC(NNC(=O)C3CCN(C(C)=O)CC3)C2=O)cc1. The number of benzene rings is 1. The lowest BCUT2D eigenvalue weighted by molar-refractivity contribution is -0.134. The maximum Gasteiger partial charge on any atom is 0.253 e. The van der Waals surface area contributed by atoms with Crippen LogP contribution in [-0.4, -0.2) is 54.3 Å². The predicted molar refractivity (Wildman–Crippen MR) is 105 cm³/mol. The monoisotopic (exact) mass is 402 g/mol. The first-order valence-corrected chi connectivity index (χ1v) is 9.81. The summed E-state index contributed by atoms with van der Waals surface area (Å²) in [4.78, 5) is 51.6. The number of carbonyl (C=O) groups is 4. The Kier molecular flexibility index (Phi) is 6.48. The van der Waals surface area contributed by atoms with Crippen molar-refractivity contribution in [3.05, 3.63) is 24.3 Å². The van der Waals surface area contributed by atoms with Crippen LogP contribution in [-0.2, 0) is 19.2 Å². The number of hydrogen-bond acceptors (Lipinski definition) is 6. The van der Waals surface area contributed by atoms with Gasteiger partial charge in [-0.1, -0.05) is 0 Å². The zero-order valence-corrected chi connectivity index (χ0v) is 16.6. The van der Waals surface area contributed by atoms with Crippen LogP contribution >= 0.6 is 0 Å². The van der Waals surface area contributed by atoms with Crippen LogP contribution in [0, 0.1) is 5.92 Å². The van der Waals surface area contributed by atoms with Crippen molar-refractivity contribution in [2.45, 2.75) is 39.2 Å². The Morgan fingerprint density at radius 2 is 1.79 bits per heavy atom. The highest BCUT2D eigenvalue weighted by Crippen LogP contribution is 2.25. The van der Waals surface area contributed by atoms with Crippen molar-refractivity contribution in [1.29, 1.82) is 0 Å². The summed E-state index contributed by atoms with van der Waals surface area (Å²) in [6, 6.07) is 5.91. The largest absolute Gasteiger partial charge is 0.494 e. The molecule has 9 nitrogen and oxygen atoms in total. The van der Waals surface area contributed by atoms with Gasteiger partial charge < -0.3 is 9.64 Å². The summed E-state index contributed by atoms with van der Waals surface area (Å²) in [5.74, 6) is -0.536. The molecule has 2 aliphatic rings. The lowest BCUT2D eigenvalue weighted by Crippen LogP contribution is -2.51. The summed E-state index contributed by atoms with van der Waals surface area (Å²) in [6.45, 7) is 5.00. The van der Waals surface area contributed by atoms with Gasteiger partial charge in [-0.25, -0.2) is 10.3 Å². The van der Waals surface area contributed by atoms with Gasteiger partial charge >= 0.3 is 0 Å². The van der Waals surface area contributed by atoms with E-state index in [9.17, 15) is 19.2 Å². The molecule has 2 saturated heterocycles. The van der Waals surface area contributed by atoms with Crippen molar-refractivity contribution in [3.63, 3.8) is 0 Å². The molecule has 0 bridgehead atoms. The highest BCUT2D eigenvalue weighted by atomic mass is 16.5. The lowest BCUT2D eigenvalue weighted by Gasteiger charge is -2.30. The van der Waals surface area contributed by atoms with Crippen molar-refractivity contribution in [2.75, 3.05) is 24.6 Å². The molecule has 2 N–H and O–H groups in total. The van der Waals surface area contributed by atoms with Crippen LogP contribution in [0.2, 0.25) is 0 Å². The summed E-state index contributed by atoms with van der Waals surface area (Å²) in [6.07, 6.45) is 1.11. The third kappa shape index (κ3) is 4.73. The van der Waals surface area contributed by atoms with Gasteiger partial charge in [-0.3, -0.25) is 24.6 Å². The van der Waals surface area contributed by atoms with Crippen LogP contribution in [0.5, 0.6) is 5.75 Å². The smallest absolute Gasteiger partial charge is 0.253 e. The standard InChI is InChI=1S/C20H26N4O5/c1-3-29-16-6-4-15(5-7-16)24-18(26)12-17(20(24)28)21-22-19(27)14-8-10-23(11-9-14)13(2)25/h4-7,14,17,21H,3,8-12H2,1-2H3,(H,22,27). The Bertz CT molecular complexity index is 787. The molecule has 3 rings (SSSR count). The van der Waals surface area contributed by atoms with E-state index in [0.717, 1.165) is 4.90 Å². The van der Waals surface area contributed by atoms with Gasteiger partial charge in [-0.05, 0) is 44.0 Å². The minimum Gasteiger partial charge on any atom is -0.494 e. The van der Waals surface area contributed by atoms with E-state index in [1.54, 1.807) is 29.2 Å². The maximum absolute atomic E-state index is 12.6. The van der Waals surface area contributed by atoms with E-state index in [-0.39, 0.29) is 30.1 Å². The summed E-state index contributed by atoms with van der Waals surface area (Å²) in [7, 11) is 0. The minimum atomic E-state index is -0.810. The minimum absolute atomic E-state index is 0.00595. The molecule has 1 aromatic carbocycles. The van der Waals surface area contributed by atoms with Crippen LogP contribution in [0.3, 0.4) is 0 Å². The fourth-order valence-corrected chi connectivity index (χ4v) is 3.59. The van der Waals surface area contributed by atoms with Gasteiger partial charge in [-0.15, -0.1) is 0 Å². The van der Waals surface area contributed by atoms with Gasteiger partial charge in [0.25, 0.3) is 5.91 Å². The van der Waals surface area contributed by atoms with Crippen molar-refractivity contribution >= 4 is 29.3 Å². The molecule has 9 heteroatoms. The first-order chi connectivity index (χ1) is 13.9. The topological polar surface area (TPSA) is 108 Å². The molecule has 1 aromatic rings. The molecule has 4 amide bonds. The number of ether oxygens (including phenoxy) is 1. The number of hydrazine groups is 1. The average Bonchev–Trinajstić information content (AvgIpc) is 3.00. The molecule has 0 aromatic heterocycles. The van der Waals surface area contributed by atoms with E-state index in [0.29, 0.717) is 44.0 Å². The second-order valence-corrected chi connectivity index (χ2v) is 7.16. The third-order valence-electron chi connectivity index (χ3n) is 5.23. The number of carbonyl (C=O) groups excluding carboxylic acids is 4. The molecule has 2 aliphatic heterocycles. The van der Waals surface area contributed by atoms with Gasteiger partial charge in [0.15, 0.2) is 0 Å². The van der Waals surface area contributed by atoms with E-state index < -0.39 is 11.9 Å². The lowest BCUT2D eigenvalue weighted by atomic mass is 9.96. The molecular weight excluding hydrogens is 376 g/mol. The number of imide groups is 1. The van der Waals surface area contributed by atoms with Crippen LogP contribution in [0.15, 0.2) is 24.3 Å². The predicted octanol–water partition coefficient (Wildman–Crippen LogP) is 0.597. The number of hydrogen-bond donors (Lipinski definition) is 2. The molecular formula is C20H26N4O5. The van der Waals surface area contributed by atoms with E-state index in [1.807, 2.05) is 6.92 Å². The molecule has 1 unspecified atom stereocenters. The normalized spacial score (nSPS) is 20.1. The first-order valence-electron chi connectivity index (χ1n) is 9.81. The average molecular weight is 402 g/mol. The Morgan fingerprint density at radius 1 is 1.14 bits per heavy atom. The van der Waals surface area contributed by atoms with Crippen LogP contribution in [0.25, 0.3) is 0 Å². The van der Waals surface area contributed by atoms with Gasteiger partial charge in [0.05, 0.1) is 18.7 Å². The van der Waals surface area contributed by atoms with Crippen LogP contribution in [0.1, 0.15) is 33.1 Å². The summed E-state index contributed by atoms with van der Waals surface area (Å²) in [5, 5.41) is 0. The van der Waals surface area contributed by atoms with Gasteiger partial charge in [0.1, 0.15) is 11.8 Å². The van der Waals surface area contributed by atoms with Crippen molar-refractivity contribution in [3.8, 4) is 5.75 Å². The molecule has 0 saturated carbocycles. The quantitative estimate of drug-likeness (QED) is 0.533. The molecule has 1 atom stereocenters. The molecule has 2 fully saturated rings. The molecule has 156 valence electrons. The van der Waals surface area contributed by atoms with Crippen LogP contribution < -0.4 is 20.5 Å². The first kappa shape index (κ1) is 20.8. The number of nitrogens with zero attached hydrogens (tertiary/aromatic N) is 2. The number of anilines is 1. The third-order valence-corrected chi connectivity index (χ3v) is 5.23. The highest BCUT2D eigenvalue weighted by molar-refractivity contribution is 6.22. The van der Waals surface area contributed by atoms with Crippen LogP contribution in [0.4, 0.5) is 5.69 Å². The number of rotatable bonds is 6. The summed E-state index contributed by atoms with van der Waals surface area (Å²) in [5.41, 5.74) is 5.75. The zero-order valence-electron chi connectivity index (χ0n) is 16.6. The number of nitrogens with one attached hydrogen (secondary N) is 2. The van der Waals surface area contributed by atoms with E-state index in [2.05, 4.69) is 10.9 Å². The second kappa shape index (κ2) is 9.04. The van der Waals surface area contributed by atoms with Crippen molar-refractivity contribution in [1.82, 2.24) is 15.8 Å². The van der Waals surface area contributed by atoms with E-state index >= 15 is 0 Å².